The van der Waals surface area contributed by atoms with Crippen molar-refractivity contribution in [2.75, 3.05) is 13.2 Å². The van der Waals surface area contributed by atoms with E-state index in [0.29, 0.717) is 26.1 Å². The molecule has 0 fully saturated rings. The van der Waals surface area contributed by atoms with Gasteiger partial charge in [0.05, 0.1) is 13.2 Å². The van der Waals surface area contributed by atoms with Gasteiger partial charge in [0.2, 0.25) is 0 Å². The minimum Gasteiger partial charge on any atom is -0.464 e. The van der Waals surface area contributed by atoms with Crippen LogP contribution >= 0.6 is 0 Å². The average Bonchev–Trinajstić information content (AvgIpc) is 3.03. The van der Waals surface area contributed by atoms with Crippen LogP contribution in [0.1, 0.15) is 195 Å². The van der Waals surface area contributed by atoms with E-state index in [1.165, 1.54) is 89.9 Å². The molecule has 0 aliphatic carbocycles. The number of rotatable bonds is 34. The predicted octanol–water partition coefficient (Wildman–Crippen LogP) is 12.2. The van der Waals surface area contributed by atoms with E-state index in [2.05, 4.69) is 38.2 Å². The Morgan fingerprint density at radius 2 is 0.711 bits per heavy atom. The number of allylic oxidation sites excluding steroid dienone is 4. The van der Waals surface area contributed by atoms with Crippen molar-refractivity contribution in [1.29, 1.82) is 0 Å². The first-order chi connectivity index (χ1) is 22.1. The topological polar surface area (TPSA) is 61.8 Å². The fourth-order valence-corrected chi connectivity index (χ4v) is 5.60. The van der Waals surface area contributed by atoms with Crippen molar-refractivity contribution in [1.82, 2.24) is 0 Å². The molecule has 0 N–H and O–H groups in total. The number of carbonyl (C=O) groups is 2. The van der Waals surface area contributed by atoms with Crippen molar-refractivity contribution in [2.45, 2.75) is 207 Å². The zero-order valence-electron chi connectivity index (χ0n) is 30.3. The van der Waals surface area contributed by atoms with Crippen molar-refractivity contribution in [3.05, 3.63) is 24.3 Å². The maximum Gasteiger partial charge on any atom is 0.335 e. The summed E-state index contributed by atoms with van der Waals surface area (Å²) in [5.41, 5.74) is 0. The first-order valence-electron chi connectivity index (χ1n) is 19.4. The van der Waals surface area contributed by atoms with E-state index >= 15 is 0 Å². The van der Waals surface area contributed by atoms with Gasteiger partial charge < -0.3 is 14.2 Å². The molecule has 5 nitrogen and oxygen atoms in total. The standard InChI is InChI=1S/C40H74O5/c1-5-9-11-13-15-17-19-21-23-25-27-29-31-33-35-37(39(41)43-7-3)45-38(40(42)44-8-4)36-34-32-30-28-26-24-22-20-18-16-14-12-10-6-2/h21-24,37-38H,5-20,25-36H2,1-4H3/b23-21-,24-22-. The normalized spacial score (nSPS) is 13.1. The summed E-state index contributed by atoms with van der Waals surface area (Å²) in [6.07, 6.45) is 38.3. The van der Waals surface area contributed by atoms with Gasteiger partial charge in [0.25, 0.3) is 0 Å². The molecule has 264 valence electrons. The number of unbranched alkanes of at least 4 members (excludes halogenated alkanes) is 20. The van der Waals surface area contributed by atoms with Crippen molar-refractivity contribution >= 4 is 11.9 Å². The van der Waals surface area contributed by atoms with Gasteiger partial charge in [-0.3, -0.25) is 0 Å². The summed E-state index contributed by atoms with van der Waals surface area (Å²) in [5.74, 6) is -0.727. The van der Waals surface area contributed by atoms with E-state index in [1.54, 1.807) is 0 Å². The van der Waals surface area contributed by atoms with Crippen molar-refractivity contribution in [3.63, 3.8) is 0 Å². The maximum absolute atomic E-state index is 12.7. The van der Waals surface area contributed by atoms with E-state index in [0.717, 1.165) is 64.2 Å². The summed E-state index contributed by atoms with van der Waals surface area (Å²) < 4.78 is 16.8. The smallest absolute Gasteiger partial charge is 0.335 e. The molecule has 45 heavy (non-hydrogen) atoms. The van der Waals surface area contributed by atoms with Crippen LogP contribution in [0.2, 0.25) is 0 Å². The molecule has 0 rings (SSSR count). The highest BCUT2D eigenvalue weighted by atomic mass is 16.6. The lowest BCUT2D eigenvalue weighted by atomic mass is 10.1. The number of carbonyl (C=O) groups excluding carboxylic acids is 2. The Morgan fingerprint density at radius 3 is 1.02 bits per heavy atom. The Balaban J connectivity index is 4.33. The van der Waals surface area contributed by atoms with E-state index in [-0.39, 0.29) is 11.9 Å². The van der Waals surface area contributed by atoms with E-state index < -0.39 is 12.2 Å². The second kappa shape index (κ2) is 35.2. The zero-order valence-corrected chi connectivity index (χ0v) is 30.3. The summed E-state index contributed by atoms with van der Waals surface area (Å²) in [4.78, 5) is 25.4. The molecule has 0 radical (unpaired) electrons. The van der Waals surface area contributed by atoms with Gasteiger partial charge in [-0.15, -0.1) is 0 Å². The summed E-state index contributed by atoms with van der Waals surface area (Å²) in [5, 5.41) is 0. The fraction of sp³-hybridized carbons (Fsp3) is 0.850. The quantitative estimate of drug-likeness (QED) is 0.0400. The molecule has 0 aliphatic rings. The van der Waals surface area contributed by atoms with Crippen molar-refractivity contribution in [3.8, 4) is 0 Å². The average molecular weight is 635 g/mol. The van der Waals surface area contributed by atoms with Gasteiger partial charge in [0.15, 0.2) is 12.2 Å². The number of hydrogen-bond acceptors (Lipinski definition) is 5. The number of ether oxygens (including phenoxy) is 3. The largest absolute Gasteiger partial charge is 0.464 e. The second-order valence-corrected chi connectivity index (χ2v) is 12.7. The van der Waals surface area contributed by atoms with Gasteiger partial charge in [-0.2, -0.15) is 0 Å². The Kier molecular flexibility index (Phi) is 34.0. The molecule has 0 aromatic carbocycles. The van der Waals surface area contributed by atoms with Gasteiger partial charge in [0, 0.05) is 0 Å². The van der Waals surface area contributed by atoms with Crippen LogP contribution in [0.5, 0.6) is 0 Å². The van der Waals surface area contributed by atoms with Crippen molar-refractivity contribution < 1.29 is 23.8 Å². The monoisotopic (exact) mass is 635 g/mol. The Hall–Kier alpha value is -1.62. The van der Waals surface area contributed by atoms with Crippen LogP contribution in [0, 0.1) is 0 Å². The minimum absolute atomic E-state index is 0.307. The summed E-state index contributed by atoms with van der Waals surface area (Å²) >= 11 is 0. The predicted molar refractivity (Wildman–Crippen MR) is 192 cm³/mol. The molecule has 0 amide bonds. The SMILES string of the molecule is CCCCCCCC/C=C\CCCCCCC(OC(CCCCCC/C=C\CCCCCCCC)C(=O)OCC)C(=O)OCC. The molecule has 5 heteroatoms. The highest BCUT2D eigenvalue weighted by molar-refractivity contribution is 5.77. The Labute approximate surface area is 279 Å². The summed E-state index contributed by atoms with van der Waals surface area (Å²) in [6, 6.07) is 0. The van der Waals surface area contributed by atoms with Crippen LogP contribution in [0.15, 0.2) is 24.3 Å². The lowest BCUT2D eigenvalue weighted by Gasteiger charge is -2.22. The molecule has 0 aromatic heterocycles. The van der Waals surface area contributed by atoms with Gasteiger partial charge in [-0.25, -0.2) is 9.59 Å². The van der Waals surface area contributed by atoms with Crippen LogP contribution in [-0.4, -0.2) is 37.4 Å². The van der Waals surface area contributed by atoms with Crippen LogP contribution in [0.4, 0.5) is 0 Å². The summed E-state index contributed by atoms with van der Waals surface area (Å²) in [6.45, 7) is 8.75. The molecular formula is C40H74O5. The molecule has 0 saturated heterocycles. The highest BCUT2D eigenvalue weighted by Crippen LogP contribution is 2.18. The molecule has 0 bridgehead atoms. The third-order valence-corrected chi connectivity index (χ3v) is 8.38. The zero-order chi connectivity index (χ0) is 33.1. The number of hydrogen-bond donors (Lipinski definition) is 0. The van der Waals surface area contributed by atoms with Crippen LogP contribution in [0.3, 0.4) is 0 Å². The third kappa shape index (κ3) is 29.5. The van der Waals surface area contributed by atoms with Gasteiger partial charge >= 0.3 is 11.9 Å². The molecule has 2 unspecified atom stereocenters. The number of esters is 2. The van der Waals surface area contributed by atoms with Crippen molar-refractivity contribution in [2.24, 2.45) is 0 Å². The molecule has 0 aliphatic heterocycles. The second-order valence-electron chi connectivity index (χ2n) is 12.7. The maximum atomic E-state index is 12.7. The Morgan fingerprint density at radius 1 is 0.422 bits per heavy atom. The van der Waals surface area contributed by atoms with E-state index in [1.807, 2.05) is 13.8 Å². The van der Waals surface area contributed by atoms with Crippen LogP contribution < -0.4 is 0 Å². The van der Waals surface area contributed by atoms with Crippen LogP contribution in [-0.2, 0) is 23.8 Å². The van der Waals surface area contributed by atoms with Gasteiger partial charge in [-0.1, -0.05) is 141 Å². The van der Waals surface area contributed by atoms with E-state index in [4.69, 9.17) is 14.2 Å². The molecule has 0 aromatic rings. The summed E-state index contributed by atoms with van der Waals surface area (Å²) in [7, 11) is 0. The molecule has 2 atom stereocenters. The van der Waals surface area contributed by atoms with E-state index in [9.17, 15) is 9.59 Å². The fourth-order valence-electron chi connectivity index (χ4n) is 5.60. The van der Waals surface area contributed by atoms with Crippen LogP contribution in [0.25, 0.3) is 0 Å². The Bertz CT molecular complexity index is 643. The molecule has 0 saturated carbocycles. The first kappa shape index (κ1) is 43.4. The first-order valence-corrected chi connectivity index (χ1v) is 19.4. The molecular weight excluding hydrogens is 560 g/mol. The minimum atomic E-state index is -0.714. The molecule has 0 spiro atoms. The van der Waals surface area contributed by atoms with Gasteiger partial charge in [0.1, 0.15) is 0 Å². The molecule has 0 heterocycles. The van der Waals surface area contributed by atoms with Gasteiger partial charge in [-0.05, 0) is 78.1 Å². The lowest BCUT2D eigenvalue weighted by molar-refractivity contribution is -0.173. The lowest BCUT2D eigenvalue weighted by Crippen LogP contribution is -2.36. The third-order valence-electron chi connectivity index (χ3n) is 8.38. The highest BCUT2D eigenvalue weighted by Gasteiger charge is 2.29.